The summed E-state index contributed by atoms with van der Waals surface area (Å²) < 4.78 is 5.41. The van der Waals surface area contributed by atoms with Crippen molar-refractivity contribution in [1.82, 2.24) is 14.8 Å². The van der Waals surface area contributed by atoms with E-state index in [1.165, 1.54) is 5.39 Å². The molecule has 3 N–H and O–H groups in total. The van der Waals surface area contributed by atoms with Crippen LogP contribution in [0.4, 0.5) is 4.79 Å². The molecule has 0 aliphatic carbocycles. The highest BCUT2D eigenvalue weighted by Gasteiger charge is 2.26. The first-order valence-electron chi connectivity index (χ1n) is 8.91. The average molecular weight is 485 g/mol. The average Bonchev–Trinajstić information content (AvgIpc) is 3.01. The van der Waals surface area contributed by atoms with Crippen molar-refractivity contribution in [3.8, 4) is 0 Å². The molecule has 1 aliphatic heterocycles. The fraction of sp³-hybridized carbons (Fsp3) is 0.474. The van der Waals surface area contributed by atoms with E-state index < -0.39 is 5.60 Å². The molecule has 0 bridgehead atoms. The Hall–Kier alpha value is -1.97. The molecule has 0 radical (unpaired) electrons. The Morgan fingerprint density at radius 1 is 1.19 bits per heavy atom. The summed E-state index contributed by atoms with van der Waals surface area (Å²) in [5.41, 5.74) is 7.79. The molecule has 1 fully saturated rings. The largest absolute Gasteiger partial charge is 0.444 e. The van der Waals surface area contributed by atoms with Gasteiger partial charge in [-0.3, -0.25) is 0 Å². The molecule has 2 heterocycles. The maximum Gasteiger partial charge on any atom is 0.410 e. The molecule has 0 unspecified atom stereocenters. The summed E-state index contributed by atoms with van der Waals surface area (Å²) in [6.07, 6.45) is -0.272. The van der Waals surface area contributed by atoms with Gasteiger partial charge in [0, 0.05) is 37.4 Å². The number of nitrogens with zero attached hydrogens (tertiary/aromatic N) is 3. The maximum absolute atomic E-state index is 12.1. The number of ether oxygens (including phenoxy) is 1. The molecule has 1 aromatic heterocycles. The number of carbonyl (C=O) groups is 1. The number of aromatic amines is 1. The van der Waals surface area contributed by atoms with E-state index in [1.54, 1.807) is 4.90 Å². The number of guanidine groups is 1. The van der Waals surface area contributed by atoms with Gasteiger partial charge in [-0.25, -0.2) is 9.79 Å². The number of nitrogens with one attached hydrogen (secondary N) is 1. The molecule has 1 aromatic carbocycles. The van der Waals surface area contributed by atoms with Gasteiger partial charge in [0.15, 0.2) is 5.96 Å². The number of para-hydroxylation sites is 1. The van der Waals surface area contributed by atoms with E-state index in [-0.39, 0.29) is 30.1 Å². The van der Waals surface area contributed by atoms with Gasteiger partial charge >= 0.3 is 6.09 Å². The lowest BCUT2D eigenvalue weighted by Crippen LogP contribution is -2.53. The van der Waals surface area contributed by atoms with Crippen molar-refractivity contribution in [2.24, 2.45) is 10.7 Å². The van der Waals surface area contributed by atoms with Crippen LogP contribution in [-0.4, -0.2) is 58.6 Å². The topological polar surface area (TPSA) is 86.9 Å². The summed E-state index contributed by atoms with van der Waals surface area (Å²) in [7, 11) is 0. The summed E-state index contributed by atoms with van der Waals surface area (Å²) in [6.45, 7) is 8.59. The van der Waals surface area contributed by atoms with Gasteiger partial charge < -0.3 is 25.3 Å². The number of carbonyl (C=O) groups excluding carboxylic acids is 1. The van der Waals surface area contributed by atoms with E-state index >= 15 is 0 Å². The van der Waals surface area contributed by atoms with Crippen LogP contribution >= 0.6 is 24.0 Å². The van der Waals surface area contributed by atoms with E-state index in [2.05, 4.69) is 22.1 Å². The van der Waals surface area contributed by atoms with Crippen molar-refractivity contribution >= 4 is 46.9 Å². The van der Waals surface area contributed by atoms with Crippen LogP contribution in [0.5, 0.6) is 0 Å². The van der Waals surface area contributed by atoms with Gasteiger partial charge in [0.2, 0.25) is 0 Å². The van der Waals surface area contributed by atoms with Crippen LogP contribution in [0.15, 0.2) is 35.3 Å². The standard InChI is InChI=1S/C19H27N5O2.HI/c1-19(2,3)26-18(25)24-10-8-23(9-11-24)17(20)21-13-15-12-14-6-4-5-7-16(14)22-15;/h4-7,12,22H,8-11,13H2,1-3H3,(H2,20,21);1H. The molecule has 1 saturated heterocycles. The van der Waals surface area contributed by atoms with E-state index in [1.807, 2.05) is 43.9 Å². The van der Waals surface area contributed by atoms with Crippen LogP contribution < -0.4 is 5.73 Å². The number of hydrogen-bond acceptors (Lipinski definition) is 3. The van der Waals surface area contributed by atoms with Gasteiger partial charge in [-0.05, 0) is 38.3 Å². The van der Waals surface area contributed by atoms with Crippen LogP contribution in [0.3, 0.4) is 0 Å². The van der Waals surface area contributed by atoms with E-state index in [9.17, 15) is 4.79 Å². The Morgan fingerprint density at radius 2 is 1.81 bits per heavy atom. The number of amides is 1. The summed E-state index contributed by atoms with van der Waals surface area (Å²) in [4.78, 5) is 23.7. The number of halogens is 1. The third-order valence-electron chi connectivity index (χ3n) is 4.25. The minimum atomic E-state index is -0.478. The predicted molar refractivity (Wildman–Crippen MR) is 118 cm³/mol. The van der Waals surface area contributed by atoms with E-state index in [0.29, 0.717) is 38.7 Å². The van der Waals surface area contributed by atoms with E-state index in [0.717, 1.165) is 11.2 Å². The first-order chi connectivity index (χ1) is 12.3. The summed E-state index contributed by atoms with van der Waals surface area (Å²) >= 11 is 0. The molecule has 8 heteroatoms. The number of fused-ring (bicyclic) bond motifs is 1. The molecular weight excluding hydrogens is 457 g/mol. The van der Waals surface area contributed by atoms with Crippen LogP contribution in [0.1, 0.15) is 26.5 Å². The molecule has 0 atom stereocenters. The quantitative estimate of drug-likeness (QED) is 0.389. The van der Waals surface area contributed by atoms with Gasteiger partial charge in [-0.15, -0.1) is 24.0 Å². The number of nitrogens with two attached hydrogens (primary N) is 1. The van der Waals surface area contributed by atoms with Crippen molar-refractivity contribution in [3.05, 3.63) is 36.0 Å². The molecular formula is C19H28IN5O2. The van der Waals surface area contributed by atoms with Crippen LogP contribution in [0, 0.1) is 0 Å². The molecule has 0 saturated carbocycles. The third-order valence-corrected chi connectivity index (χ3v) is 4.25. The normalized spacial score (nSPS) is 15.6. The second-order valence-corrected chi connectivity index (χ2v) is 7.51. The first kappa shape index (κ1) is 21.3. The van der Waals surface area contributed by atoms with Crippen molar-refractivity contribution in [1.29, 1.82) is 0 Å². The number of H-pyrrole nitrogens is 1. The van der Waals surface area contributed by atoms with Crippen LogP contribution in [0.25, 0.3) is 10.9 Å². The summed E-state index contributed by atoms with van der Waals surface area (Å²) in [5.74, 6) is 0.507. The van der Waals surface area contributed by atoms with Crippen molar-refractivity contribution in [2.45, 2.75) is 32.9 Å². The molecule has 1 aliphatic rings. The smallest absolute Gasteiger partial charge is 0.410 e. The van der Waals surface area contributed by atoms with Crippen LogP contribution in [0.2, 0.25) is 0 Å². The summed E-state index contributed by atoms with van der Waals surface area (Å²) in [6, 6.07) is 10.2. The minimum absolute atomic E-state index is 0. The predicted octanol–water partition coefficient (Wildman–Crippen LogP) is 3.15. The zero-order chi connectivity index (χ0) is 18.7. The van der Waals surface area contributed by atoms with Crippen molar-refractivity contribution < 1.29 is 9.53 Å². The molecule has 27 heavy (non-hydrogen) atoms. The zero-order valence-electron chi connectivity index (χ0n) is 16.1. The lowest BCUT2D eigenvalue weighted by molar-refractivity contribution is 0.0186. The highest BCUT2D eigenvalue weighted by atomic mass is 127. The Morgan fingerprint density at radius 3 is 2.44 bits per heavy atom. The second-order valence-electron chi connectivity index (χ2n) is 7.51. The highest BCUT2D eigenvalue weighted by Crippen LogP contribution is 2.15. The first-order valence-corrected chi connectivity index (χ1v) is 8.91. The number of rotatable bonds is 2. The number of hydrogen-bond donors (Lipinski definition) is 2. The molecule has 7 nitrogen and oxygen atoms in total. The molecule has 0 spiro atoms. The van der Waals surface area contributed by atoms with E-state index in [4.69, 9.17) is 10.5 Å². The number of aromatic nitrogens is 1. The Balaban J connectivity index is 0.00000261. The third kappa shape index (κ3) is 5.75. The fourth-order valence-electron chi connectivity index (χ4n) is 2.93. The molecule has 2 aromatic rings. The lowest BCUT2D eigenvalue weighted by atomic mass is 10.2. The van der Waals surface area contributed by atoms with Gasteiger partial charge in [-0.1, -0.05) is 18.2 Å². The van der Waals surface area contributed by atoms with Gasteiger partial charge in [0.25, 0.3) is 0 Å². The molecule has 3 rings (SSSR count). The minimum Gasteiger partial charge on any atom is -0.444 e. The van der Waals surface area contributed by atoms with Gasteiger partial charge in [-0.2, -0.15) is 0 Å². The fourth-order valence-corrected chi connectivity index (χ4v) is 2.93. The monoisotopic (exact) mass is 485 g/mol. The number of aliphatic imine (C=N–C) groups is 1. The number of piperazine rings is 1. The highest BCUT2D eigenvalue weighted by molar-refractivity contribution is 14.0. The van der Waals surface area contributed by atoms with Crippen molar-refractivity contribution in [2.75, 3.05) is 26.2 Å². The zero-order valence-corrected chi connectivity index (χ0v) is 18.4. The Bertz CT molecular complexity index is 771. The maximum atomic E-state index is 12.1. The second kappa shape index (κ2) is 8.81. The van der Waals surface area contributed by atoms with Crippen molar-refractivity contribution in [3.63, 3.8) is 0 Å². The Kier molecular flexibility index (Phi) is 6.96. The van der Waals surface area contributed by atoms with Gasteiger partial charge in [0.05, 0.1) is 6.54 Å². The molecule has 148 valence electrons. The molecule has 1 amide bonds. The van der Waals surface area contributed by atoms with Gasteiger partial charge in [0.1, 0.15) is 5.60 Å². The SMILES string of the molecule is CC(C)(C)OC(=O)N1CCN(C(N)=NCc2cc3ccccc3[nH]2)CC1.I. The summed E-state index contributed by atoms with van der Waals surface area (Å²) in [5, 5.41) is 1.17. The van der Waals surface area contributed by atoms with Crippen LogP contribution in [-0.2, 0) is 11.3 Å². The Labute approximate surface area is 177 Å². The number of benzene rings is 1. The lowest BCUT2D eigenvalue weighted by Gasteiger charge is -2.36.